The molecule has 3 aromatic rings. The summed E-state index contributed by atoms with van der Waals surface area (Å²) in [5, 5.41) is 13.6. The molecule has 188 valence electrons. The largest absolute Gasteiger partial charge is 0.339 e. The van der Waals surface area contributed by atoms with E-state index in [1.165, 1.54) is 37.6 Å². The van der Waals surface area contributed by atoms with Gasteiger partial charge in [-0.1, -0.05) is 19.3 Å². The number of carbonyl (C=O) groups is 3. The number of carbonyl (C=O) groups excluding carboxylic acids is 3. The lowest BCUT2D eigenvalue weighted by molar-refractivity contribution is -0.384. The van der Waals surface area contributed by atoms with E-state index in [0.717, 1.165) is 25.7 Å². The molecule has 0 spiro atoms. The summed E-state index contributed by atoms with van der Waals surface area (Å²) in [5.74, 6) is -0.332. The number of nitro benzene ring substituents is 1. The van der Waals surface area contributed by atoms with Gasteiger partial charge in [0.05, 0.1) is 16.0 Å². The molecule has 10 nitrogen and oxygen atoms in total. The van der Waals surface area contributed by atoms with Crippen LogP contribution in [0.25, 0.3) is 11.0 Å². The number of ketones is 1. The SMILES string of the molecule is CC(=O)CCn1c(NC(=O)c2ccc([N+](=O)[O-])cc2)nc2cc(C(=O)N(C)C3CCCCC3)ccc21. The van der Waals surface area contributed by atoms with Crippen molar-refractivity contribution in [3.05, 3.63) is 63.7 Å². The molecular formula is C26H29N5O5. The number of nitrogens with one attached hydrogen (secondary N) is 1. The van der Waals surface area contributed by atoms with E-state index < -0.39 is 10.8 Å². The van der Waals surface area contributed by atoms with Crippen molar-refractivity contribution >= 4 is 40.3 Å². The topological polar surface area (TPSA) is 127 Å². The number of anilines is 1. The molecule has 2 amide bonds. The van der Waals surface area contributed by atoms with E-state index in [-0.39, 0.29) is 41.4 Å². The summed E-state index contributed by atoms with van der Waals surface area (Å²) in [5.41, 5.74) is 1.85. The molecule has 0 atom stereocenters. The highest BCUT2D eigenvalue weighted by atomic mass is 16.6. The summed E-state index contributed by atoms with van der Waals surface area (Å²) >= 11 is 0. The fraction of sp³-hybridized carbons (Fsp3) is 0.385. The van der Waals surface area contributed by atoms with E-state index in [4.69, 9.17) is 0 Å². The number of Topliss-reactive ketones (excluding diaryl/α,β-unsaturated/α-hetero) is 1. The van der Waals surface area contributed by atoms with Gasteiger partial charge in [0.15, 0.2) is 0 Å². The number of nitrogens with zero attached hydrogens (tertiary/aromatic N) is 4. The third-order valence-electron chi connectivity index (χ3n) is 6.69. The molecule has 2 aromatic carbocycles. The monoisotopic (exact) mass is 491 g/mol. The Hall–Kier alpha value is -4.08. The van der Waals surface area contributed by atoms with Crippen molar-refractivity contribution in [3.8, 4) is 0 Å². The third-order valence-corrected chi connectivity index (χ3v) is 6.69. The average Bonchev–Trinajstić information content (AvgIpc) is 3.22. The Kier molecular flexibility index (Phi) is 7.42. The van der Waals surface area contributed by atoms with Crippen LogP contribution in [0.5, 0.6) is 0 Å². The standard InChI is InChI=1S/C26H29N5O5/c1-17(32)14-15-30-23-13-10-19(25(34)29(2)20-6-4-3-5-7-20)16-22(23)27-26(30)28-24(33)18-8-11-21(12-9-18)31(35)36/h8-13,16,20H,3-7,14-15H2,1-2H3,(H,27,28,33). The van der Waals surface area contributed by atoms with Crippen molar-refractivity contribution < 1.29 is 19.3 Å². The third kappa shape index (κ3) is 5.42. The highest BCUT2D eigenvalue weighted by Crippen LogP contribution is 2.26. The van der Waals surface area contributed by atoms with Gasteiger partial charge >= 0.3 is 0 Å². The second-order valence-corrected chi connectivity index (χ2v) is 9.21. The molecule has 1 aromatic heterocycles. The van der Waals surface area contributed by atoms with E-state index in [9.17, 15) is 24.5 Å². The number of aromatic nitrogens is 2. The second-order valence-electron chi connectivity index (χ2n) is 9.21. The van der Waals surface area contributed by atoms with Crippen LogP contribution < -0.4 is 5.32 Å². The molecule has 36 heavy (non-hydrogen) atoms. The van der Waals surface area contributed by atoms with E-state index in [1.54, 1.807) is 22.8 Å². The van der Waals surface area contributed by atoms with Gasteiger partial charge in [-0.3, -0.25) is 29.8 Å². The fourth-order valence-corrected chi connectivity index (χ4v) is 4.60. The Balaban J connectivity index is 1.62. The number of non-ortho nitro benzene ring substituents is 1. The quantitative estimate of drug-likeness (QED) is 0.363. The van der Waals surface area contributed by atoms with Crippen LogP contribution in [0.15, 0.2) is 42.5 Å². The van der Waals surface area contributed by atoms with E-state index in [1.807, 2.05) is 11.9 Å². The smallest absolute Gasteiger partial charge is 0.269 e. The van der Waals surface area contributed by atoms with Crippen molar-refractivity contribution in [3.63, 3.8) is 0 Å². The molecule has 1 N–H and O–H groups in total. The number of rotatable bonds is 8. The van der Waals surface area contributed by atoms with Crippen LogP contribution in [0.2, 0.25) is 0 Å². The van der Waals surface area contributed by atoms with Gasteiger partial charge in [0.25, 0.3) is 17.5 Å². The Morgan fingerprint density at radius 2 is 1.75 bits per heavy atom. The molecule has 4 rings (SSSR count). The number of fused-ring (bicyclic) bond motifs is 1. The number of nitro groups is 1. The minimum absolute atomic E-state index is 0.00889. The van der Waals surface area contributed by atoms with Crippen molar-refractivity contribution in [2.75, 3.05) is 12.4 Å². The maximum atomic E-state index is 13.2. The maximum Gasteiger partial charge on any atom is 0.269 e. The van der Waals surface area contributed by atoms with Gasteiger partial charge in [-0.15, -0.1) is 0 Å². The Labute approximate surface area is 208 Å². The number of hydrogen-bond acceptors (Lipinski definition) is 6. The zero-order chi connectivity index (χ0) is 25.8. The van der Waals surface area contributed by atoms with Gasteiger partial charge in [-0.05, 0) is 50.1 Å². The van der Waals surface area contributed by atoms with Gasteiger partial charge < -0.3 is 9.47 Å². The fourth-order valence-electron chi connectivity index (χ4n) is 4.60. The van der Waals surface area contributed by atoms with Crippen LogP contribution >= 0.6 is 0 Å². The van der Waals surface area contributed by atoms with Crippen molar-refractivity contribution in [2.45, 2.75) is 58.0 Å². The van der Waals surface area contributed by atoms with Gasteiger partial charge in [0.2, 0.25) is 5.95 Å². The van der Waals surface area contributed by atoms with Crippen LogP contribution in [-0.2, 0) is 11.3 Å². The molecule has 0 radical (unpaired) electrons. The number of aryl methyl sites for hydroxylation is 1. The highest BCUT2D eigenvalue weighted by Gasteiger charge is 2.24. The van der Waals surface area contributed by atoms with Gasteiger partial charge in [0.1, 0.15) is 5.78 Å². The lowest BCUT2D eigenvalue weighted by Gasteiger charge is -2.31. The van der Waals surface area contributed by atoms with Crippen molar-refractivity contribution in [1.29, 1.82) is 0 Å². The first-order valence-electron chi connectivity index (χ1n) is 12.1. The molecule has 0 aliphatic heterocycles. The van der Waals surface area contributed by atoms with E-state index in [2.05, 4.69) is 10.3 Å². The van der Waals surface area contributed by atoms with E-state index >= 15 is 0 Å². The summed E-state index contributed by atoms with van der Waals surface area (Å²) < 4.78 is 1.74. The Morgan fingerprint density at radius 1 is 1.08 bits per heavy atom. The summed E-state index contributed by atoms with van der Waals surface area (Å²) in [6.45, 7) is 1.79. The maximum absolute atomic E-state index is 13.2. The minimum Gasteiger partial charge on any atom is -0.339 e. The highest BCUT2D eigenvalue weighted by molar-refractivity contribution is 6.04. The van der Waals surface area contributed by atoms with Gasteiger partial charge in [-0.2, -0.15) is 0 Å². The lowest BCUT2D eigenvalue weighted by Crippen LogP contribution is -2.38. The molecule has 0 bridgehead atoms. The summed E-state index contributed by atoms with van der Waals surface area (Å²) in [6.07, 6.45) is 5.71. The molecular weight excluding hydrogens is 462 g/mol. The Bertz CT molecular complexity index is 1310. The zero-order valence-corrected chi connectivity index (χ0v) is 20.4. The summed E-state index contributed by atoms with van der Waals surface area (Å²) in [4.78, 5) is 54.4. The first kappa shape index (κ1) is 25.0. The number of amides is 2. The summed E-state index contributed by atoms with van der Waals surface area (Å²) in [6, 6.07) is 10.7. The predicted octanol–water partition coefficient (Wildman–Crippen LogP) is 4.58. The van der Waals surface area contributed by atoms with Crippen LogP contribution in [0, 0.1) is 10.1 Å². The molecule has 1 heterocycles. The molecule has 1 fully saturated rings. The average molecular weight is 492 g/mol. The second kappa shape index (κ2) is 10.7. The molecule has 0 saturated heterocycles. The van der Waals surface area contributed by atoms with Crippen LogP contribution in [0.3, 0.4) is 0 Å². The Morgan fingerprint density at radius 3 is 2.39 bits per heavy atom. The molecule has 1 saturated carbocycles. The molecule has 1 aliphatic rings. The normalized spacial score (nSPS) is 13.9. The minimum atomic E-state index is -0.534. The lowest BCUT2D eigenvalue weighted by atomic mass is 9.94. The van der Waals surface area contributed by atoms with Crippen LogP contribution in [0.1, 0.15) is 66.2 Å². The first-order valence-corrected chi connectivity index (χ1v) is 12.1. The first-order chi connectivity index (χ1) is 17.2. The van der Waals surface area contributed by atoms with Gasteiger partial charge in [-0.25, -0.2) is 4.98 Å². The number of imidazole rings is 1. The number of benzene rings is 2. The van der Waals surface area contributed by atoms with Gasteiger partial charge in [0, 0.05) is 49.3 Å². The molecule has 10 heteroatoms. The molecule has 0 unspecified atom stereocenters. The predicted molar refractivity (Wildman–Crippen MR) is 135 cm³/mol. The number of hydrogen-bond donors (Lipinski definition) is 1. The van der Waals surface area contributed by atoms with Crippen LogP contribution in [-0.4, -0.2) is 50.1 Å². The zero-order valence-electron chi connectivity index (χ0n) is 20.4. The van der Waals surface area contributed by atoms with Crippen LogP contribution in [0.4, 0.5) is 11.6 Å². The molecule has 1 aliphatic carbocycles. The van der Waals surface area contributed by atoms with Crippen molar-refractivity contribution in [1.82, 2.24) is 14.5 Å². The van der Waals surface area contributed by atoms with E-state index in [0.29, 0.717) is 23.1 Å². The van der Waals surface area contributed by atoms with Crippen molar-refractivity contribution in [2.24, 2.45) is 0 Å². The summed E-state index contributed by atoms with van der Waals surface area (Å²) in [7, 11) is 1.84.